The predicted molar refractivity (Wildman–Crippen MR) is 86.2 cm³/mol. The van der Waals surface area contributed by atoms with Crippen LogP contribution in [0.15, 0.2) is 47.1 Å². The van der Waals surface area contributed by atoms with Crippen molar-refractivity contribution in [2.45, 2.75) is 0 Å². The van der Waals surface area contributed by atoms with Crippen molar-refractivity contribution in [3.8, 4) is 5.69 Å². The summed E-state index contributed by atoms with van der Waals surface area (Å²) < 4.78 is 14.9. The average Bonchev–Trinajstić information content (AvgIpc) is 2.92. The van der Waals surface area contributed by atoms with Gasteiger partial charge in [0.05, 0.1) is 10.2 Å². The van der Waals surface area contributed by atoms with Crippen molar-refractivity contribution in [2.75, 3.05) is 5.32 Å². The molecule has 2 aromatic heterocycles. The predicted octanol–water partition coefficient (Wildman–Crippen LogP) is 3.47. The number of benzene rings is 1. The van der Waals surface area contributed by atoms with Crippen LogP contribution < -0.4 is 5.32 Å². The third kappa shape index (κ3) is 3.54. The van der Waals surface area contributed by atoms with Crippen molar-refractivity contribution in [3.05, 3.63) is 63.7 Å². The van der Waals surface area contributed by atoms with E-state index in [4.69, 9.17) is 11.6 Å². The summed E-state index contributed by atoms with van der Waals surface area (Å²) >= 11 is 8.92. The van der Waals surface area contributed by atoms with E-state index in [1.807, 2.05) is 0 Å². The van der Waals surface area contributed by atoms with E-state index in [2.05, 4.69) is 36.5 Å². The fourth-order valence-electron chi connectivity index (χ4n) is 1.79. The largest absolute Gasteiger partial charge is 0.304 e. The molecule has 0 bridgehead atoms. The van der Waals surface area contributed by atoms with Gasteiger partial charge >= 0.3 is 0 Å². The van der Waals surface area contributed by atoms with E-state index in [1.165, 1.54) is 28.9 Å². The summed E-state index contributed by atoms with van der Waals surface area (Å²) in [4.78, 5) is 12.2. The second kappa shape index (κ2) is 6.43. The molecule has 2 heterocycles. The van der Waals surface area contributed by atoms with E-state index in [0.717, 1.165) is 0 Å². The van der Waals surface area contributed by atoms with Gasteiger partial charge in [0, 0.05) is 6.20 Å². The number of amides is 1. The van der Waals surface area contributed by atoms with Gasteiger partial charge in [0.25, 0.3) is 5.91 Å². The first-order valence-corrected chi connectivity index (χ1v) is 7.52. The number of hydrogen-bond acceptors (Lipinski definition) is 4. The summed E-state index contributed by atoms with van der Waals surface area (Å²) in [6.45, 7) is 0. The first-order valence-electron chi connectivity index (χ1n) is 6.34. The van der Waals surface area contributed by atoms with E-state index < -0.39 is 5.91 Å². The Morgan fingerprint density at radius 2 is 1.91 bits per heavy atom. The van der Waals surface area contributed by atoms with Crippen LogP contribution in [-0.4, -0.2) is 25.9 Å². The van der Waals surface area contributed by atoms with Crippen molar-refractivity contribution >= 4 is 39.3 Å². The van der Waals surface area contributed by atoms with Crippen LogP contribution in [-0.2, 0) is 0 Å². The number of nitrogens with one attached hydrogen (secondary N) is 1. The number of anilines is 1. The van der Waals surface area contributed by atoms with Crippen LogP contribution in [0.3, 0.4) is 0 Å². The number of carbonyl (C=O) groups is 1. The second-order valence-corrected chi connectivity index (χ2v) is 5.68. The van der Waals surface area contributed by atoms with Gasteiger partial charge in [-0.05, 0) is 52.3 Å². The summed E-state index contributed by atoms with van der Waals surface area (Å²) in [6.07, 6.45) is 1.61. The highest BCUT2D eigenvalue weighted by Gasteiger charge is 2.16. The summed E-state index contributed by atoms with van der Waals surface area (Å²) in [5.41, 5.74) is 0.781. The summed E-state index contributed by atoms with van der Waals surface area (Å²) in [7, 11) is 0. The highest BCUT2D eigenvalue weighted by molar-refractivity contribution is 9.10. The molecule has 1 aromatic carbocycles. The maximum absolute atomic E-state index is 13.0. The van der Waals surface area contributed by atoms with Gasteiger partial charge in [-0.25, -0.2) is 9.07 Å². The second-order valence-electron chi connectivity index (χ2n) is 4.44. The minimum atomic E-state index is -0.464. The van der Waals surface area contributed by atoms with E-state index in [-0.39, 0.29) is 22.5 Å². The average molecular weight is 397 g/mol. The molecule has 3 aromatic rings. The molecule has 1 N–H and O–H groups in total. The van der Waals surface area contributed by atoms with Crippen LogP contribution in [0.25, 0.3) is 5.69 Å². The van der Waals surface area contributed by atoms with Crippen LogP contribution in [0, 0.1) is 5.82 Å². The van der Waals surface area contributed by atoms with Gasteiger partial charge in [-0.1, -0.05) is 11.6 Å². The van der Waals surface area contributed by atoms with Gasteiger partial charge in [0.15, 0.2) is 16.7 Å². The Labute approximate surface area is 143 Å². The van der Waals surface area contributed by atoms with Gasteiger partial charge in [-0.3, -0.25) is 4.79 Å². The third-order valence-corrected chi connectivity index (χ3v) is 3.63. The highest BCUT2D eigenvalue weighted by Crippen LogP contribution is 2.19. The van der Waals surface area contributed by atoms with Crippen molar-refractivity contribution in [3.63, 3.8) is 0 Å². The molecule has 6 nitrogen and oxygen atoms in total. The Morgan fingerprint density at radius 3 is 2.57 bits per heavy atom. The van der Waals surface area contributed by atoms with Crippen LogP contribution >= 0.6 is 27.5 Å². The molecule has 0 aliphatic rings. The minimum Gasteiger partial charge on any atom is -0.304 e. The maximum Gasteiger partial charge on any atom is 0.278 e. The molecule has 0 saturated carbocycles. The van der Waals surface area contributed by atoms with Crippen LogP contribution in [0.5, 0.6) is 0 Å². The third-order valence-electron chi connectivity index (χ3n) is 2.85. The molecule has 0 saturated heterocycles. The van der Waals surface area contributed by atoms with Crippen LogP contribution in [0.1, 0.15) is 10.5 Å². The molecule has 0 fully saturated rings. The molecule has 116 valence electrons. The molecule has 3 rings (SSSR count). The monoisotopic (exact) mass is 395 g/mol. The molecule has 9 heteroatoms. The SMILES string of the molecule is O=C(Nc1ccc(Cl)nn1)c1nn(-c2ccc(F)cc2)cc1Br. The van der Waals surface area contributed by atoms with Crippen LogP contribution in [0.2, 0.25) is 5.15 Å². The summed E-state index contributed by atoms with van der Waals surface area (Å²) in [6, 6.07) is 8.78. The Morgan fingerprint density at radius 1 is 1.17 bits per heavy atom. The Hall–Kier alpha value is -2.32. The lowest BCUT2D eigenvalue weighted by molar-refractivity contribution is 0.102. The van der Waals surface area contributed by atoms with Crippen LogP contribution in [0.4, 0.5) is 10.2 Å². The fraction of sp³-hybridized carbons (Fsp3) is 0. The fourth-order valence-corrected chi connectivity index (χ4v) is 2.35. The van der Waals surface area contributed by atoms with E-state index in [1.54, 1.807) is 18.3 Å². The smallest absolute Gasteiger partial charge is 0.278 e. The molecule has 0 atom stereocenters. The number of halogens is 3. The van der Waals surface area contributed by atoms with E-state index in [0.29, 0.717) is 10.2 Å². The molecule has 0 unspecified atom stereocenters. The highest BCUT2D eigenvalue weighted by atomic mass is 79.9. The summed E-state index contributed by atoms with van der Waals surface area (Å²) in [5.74, 6) is -0.559. The Balaban J connectivity index is 1.84. The molecular formula is C14H8BrClFN5O. The Bertz CT molecular complexity index is 851. The van der Waals surface area contributed by atoms with E-state index >= 15 is 0 Å². The molecule has 0 aliphatic heterocycles. The number of nitrogens with zero attached hydrogens (tertiary/aromatic N) is 4. The first kappa shape index (κ1) is 15.6. The van der Waals surface area contributed by atoms with Gasteiger partial charge in [0.2, 0.25) is 0 Å². The Kier molecular flexibility index (Phi) is 4.35. The molecule has 0 radical (unpaired) electrons. The lowest BCUT2D eigenvalue weighted by Crippen LogP contribution is -2.15. The lowest BCUT2D eigenvalue weighted by Gasteiger charge is -2.02. The zero-order chi connectivity index (χ0) is 16.4. The van der Waals surface area contributed by atoms with Gasteiger partial charge in [-0.15, -0.1) is 10.2 Å². The topological polar surface area (TPSA) is 72.7 Å². The normalized spacial score (nSPS) is 10.6. The van der Waals surface area contributed by atoms with Gasteiger partial charge < -0.3 is 5.32 Å². The lowest BCUT2D eigenvalue weighted by atomic mass is 10.3. The number of hydrogen-bond donors (Lipinski definition) is 1. The summed E-state index contributed by atoms with van der Waals surface area (Å²) in [5, 5.41) is 14.4. The van der Waals surface area contributed by atoms with Crippen molar-refractivity contribution in [1.29, 1.82) is 0 Å². The van der Waals surface area contributed by atoms with E-state index in [9.17, 15) is 9.18 Å². The van der Waals surface area contributed by atoms with Gasteiger partial charge in [0.1, 0.15) is 5.82 Å². The molecular weight excluding hydrogens is 389 g/mol. The molecule has 1 amide bonds. The van der Waals surface area contributed by atoms with Gasteiger partial charge in [-0.2, -0.15) is 5.10 Å². The van der Waals surface area contributed by atoms with Crippen molar-refractivity contribution < 1.29 is 9.18 Å². The maximum atomic E-state index is 13.0. The van der Waals surface area contributed by atoms with Crippen molar-refractivity contribution in [2.24, 2.45) is 0 Å². The first-order chi connectivity index (χ1) is 11.0. The molecule has 0 spiro atoms. The van der Waals surface area contributed by atoms with Crippen molar-refractivity contribution in [1.82, 2.24) is 20.0 Å². The minimum absolute atomic E-state index is 0.158. The standard InChI is InChI=1S/C14H8BrClFN5O/c15-10-7-22(9-3-1-8(17)2-4-9)21-13(10)14(23)18-12-6-5-11(16)19-20-12/h1-7H,(H,18,20,23). The zero-order valence-corrected chi connectivity index (χ0v) is 13.7. The molecule has 23 heavy (non-hydrogen) atoms. The quantitative estimate of drug-likeness (QED) is 0.736. The number of carbonyl (C=O) groups excluding carboxylic acids is 1. The zero-order valence-electron chi connectivity index (χ0n) is 11.4. The number of aromatic nitrogens is 4. The molecule has 0 aliphatic carbocycles. The number of rotatable bonds is 3.